The maximum atomic E-state index is 10.6. The highest BCUT2D eigenvalue weighted by Crippen LogP contribution is 2.16. The third-order valence-corrected chi connectivity index (χ3v) is 2.36. The van der Waals surface area contributed by atoms with Gasteiger partial charge in [-0.2, -0.15) is 5.10 Å². The van der Waals surface area contributed by atoms with E-state index in [1.54, 1.807) is 24.0 Å². The Morgan fingerprint density at radius 3 is 2.69 bits per heavy atom. The van der Waals surface area contributed by atoms with E-state index in [1.807, 2.05) is 12.1 Å². The summed E-state index contributed by atoms with van der Waals surface area (Å²) in [5.74, 6) is 0. The summed E-state index contributed by atoms with van der Waals surface area (Å²) in [4.78, 5) is 14.1. The highest BCUT2D eigenvalue weighted by molar-refractivity contribution is 5.32. The predicted octanol–water partition coefficient (Wildman–Crippen LogP) is 1.54. The first-order chi connectivity index (χ1) is 7.68. The Balaban J connectivity index is 2.26. The van der Waals surface area contributed by atoms with Gasteiger partial charge in [-0.05, 0) is 24.6 Å². The minimum Gasteiger partial charge on any atom is -0.265 e. The summed E-state index contributed by atoms with van der Waals surface area (Å²) in [5.41, 5.74) is 1.62. The van der Waals surface area contributed by atoms with Gasteiger partial charge in [0.25, 0.3) is 0 Å². The lowest BCUT2D eigenvalue weighted by Gasteiger charge is -2.02. The maximum Gasteiger partial charge on any atom is 0.309 e. The Hall–Kier alpha value is -2.24. The van der Waals surface area contributed by atoms with Crippen LogP contribution in [0.15, 0.2) is 30.7 Å². The fourth-order valence-corrected chi connectivity index (χ4v) is 1.44. The number of nitro groups is 1. The predicted molar refractivity (Wildman–Crippen MR) is 57.0 cm³/mol. The molecular formula is C10H10N4O2. The first-order valence-corrected chi connectivity index (χ1v) is 4.74. The molecule has 0 amide bonds. The van der Waals surface area contributed by atoms with Crippen LogP contribution in [-0.2, 0) is 6.54 Å². The monoisotopic (exact) mass is 218 g/mol. The van der Waals surface area contributed by atoms with E-state index in [0.717, 1.165) is 5.56 Å². The van der Waals surface area contributed by atoms with Crippen molar-refractivity contribution in [2.24, 2.45) is 0 Å². The number of aromatic nitrogens is 3. The molecule has 0 bridgehead atoms. The van der Waals surface area contributed by atoms with Gasteiger partial charge >= 0.3 is 5.69 Å². The summed E-state index contributed by atoms with van der Waals surface area (Å²) in [7, 11) is 0. The molecule has 0 saturated heterocycles. The van der Waals surface area contributed by atoms with Gasteiger partial charge in [-0.25, -0.2) is 0 Å². The van der Waals surface area contributed by atoms with Crippen molar-refractivity contribution in [2.45, 2.75) is 13.5 Å². The topological polar surface area (TPSA) is 73.8 Å². The highest BCUT2D eigenvalue weighted by Gasteiger charge is 2.15. The molecule has 0 fully saturated rings. The van der Waals surface area contributed by atoms with E-state index in [1.165, 1.54) is 6.20 Å². The van der Waals surface area contributed by atoms with E-state index in [2.05, 4.69) is 10.1 Å². The highest BCUT2D eigenvalue weighted by atomic mass is 16.6. The molecule has 0 saturated carbocycles. The molecular weight excluding hydrogens is 208 g/mol. The normalized spacial score (nSPS) is 10.3. The SMILES string of the molecule is Cc1c([N+](=O)[O-])cnn1Cc1ccncc1. The van der Waals surface area contributed by atoms with Crippen molar-refractivity contribution in [1.82, 2.24) is 14.8 Å². The fraction of sp³-hybridized carbons (Fsp3) is 0.200. The van der Waals surface area contributed by atoms with Crippen molar-refractivity contribution in [3.05, 3.63) is 52.1 Å². The lowest BCUT2D eigenvalue weighted by molar-refractivity contribution is -0.385. The smallest absolute Gasteiger partial charge is 0.265 e. The van der Waals surface area contributed by atoms with Crippen LogP contribution in [0.4, 0.5) is 5.69 Å². The summed E-state index contributed by atoms with van der Waals surface area (Å²) < 4.78 is 1.60. The molecule has 0 unspecified atom stereocenters. The van der Waals surface area contributed by atoms with Gasteiger partial charge in [-0.15, -0.1) is 0 Å². The second kappa shape index (κ2) is 4.09. The number of pyridine rings is 1. The summed E-state index contributed by atoms with van der Waals surface area (Å²) in [5, 5.41) is 14.6. The Kier molecular flexibility index (Phi) is 2.63. The van der Waals surface area contributed by atoms with E-state index >= 15 is 0 Å². The van der Waals surface area contributed by atoms with Crippen molar-refractivity contribution < 1.29 is 4.92 Å². The second-order valence-electron chi connectivity index (χ2n) is 3.39. The molecule has 0 aliphatic heterocycles. The van der Waals surface area contributed by atoms with Crippen LogP contribution in [0.1, 0.15) is 11.3 Å². The zero-order chi connectivity index (χ0) is 11.5. The van der Waals surface area contributed by atoms with Gasteiger partial charge in [0, 0.05) is 12.4 Å². The molecule has 0 aliphatic carbocycles. The lowest BCUT2D eigenvalue weighted by Crippen LogP contribution is -2.04. The molecule has 2 aromatic rings. The quantitative estimate of drug-likeness (QED) is 0.578. The summed E-state index contributed by atoms with van der Waals surface area (Å²) in [6.45, 7) is 2.20. The molecule has 0 radical (unpaired) electrons. The average molecular weight is 218 g/mol. The minimum absolute atomic E-state index is 0.0501. The Labute approximate surface area is 91.7 Å². The van der Waals surface area contributed by atoms with Crippen LogP contribution in [0, 0.1) is 17.0 Å². The molecule has 0 atom stereocenters. The third-order valence-electron chi connectivity index (χ3n) is 2.36. The lowest BCUT2D eigenvalue weighted by atomic mass is 10.2. The van der Waals surface area contributed by atoms with Crippen LogP contribution in [-0.4, -0.2) is 19.7 Å². The van der Waals surface area contributed by atoms with Crippen LogP contribution in [0.2, 0.25) is 0 Å². The standard InChI is InChI=1S/C10H10N4O2/c1-8-10(14(15)16)6-12-13(8)7-9-2-4-11-5-3-9/h2-6H,7H2,1H3. The zero-order valence-electron chi connectivity index (χ0n) is 8.70. The Bertz CT molecular complexity index is 507. The fourth-order valence-electron chi connectivity index (χ4n) is 1.44. The van der Waals surface area contributed by atoms with Gasteiger partial charge in [0.2, 0.25) is 0 Å². The van der Waals surface area contributed by atoms with Crippen molar-refractivity contribution >= 4 is 5.69 Å². The average Bonchev–Trinajstić information content (AvgIpc) is 2.62. The van der Waals surface area contributed by atoms with Crippen LogP contribution >= 0.6 is 0 Å². The van der Waals surface area contributed by atoms with Gasteiger partial charge in [0.05, 0.1) is 11.5 Å². The third kappa shape index (κ3) is 1.90. The molecule has 16 heavy (non-hydrogen) atoms. The van der Waals surface area contributed by atoms with Gasteiger partial charge in [0.15, 0.2) is 0 Å². The molecule has 0 spiro atoms. The number of nitrogens with zero attached hydrogens (tertiary/aromatic N) is 4. The number of hydrogen-bond acceptors (Lipinski definition) is 4. The van der Waals surface area contributed by atoms with Crippen molar-refractivity contribution in [1.29, 1.82) is 0 Å². The van der Waals surface area contributed by atoms with Crippen LogP contribution in [0.3, 0.4) is 0 Å². The first kappa shape index (κ1) is 10.3. The van der Waals surface area contributed by atoms with E-state index in [0.29, 0.717) is 12.2 Å². The van der Waals surface area contributed by atoms with Gasteiger partial charge < -0.3 is 0 Å². The first-order valence-electron chi connectivity index (χ1n) is 4.74. The molecule has 0 N–H and O–H groups in total. The molecule has 2 aromatic heterocycles. The molecule has 6 nitrogen and oxygen atoms in total. The molecule has 0 aliphatic rings. The maximum absolute atomic E-state index is 10.6. The Morgan fingerprint density at radius 2 is 2.12 bits per heavy atom. The molecule has 6 heteroatoms. The molecule has 2 rings (SSSR count). The molecule has 0 aromatic carbocycles. The molecule has 2 heterocycles. The Morgan fingerprint density at radius 1 is 1.44 bits per heavy atom. The van der Waals surface area contributed by atoms with Gasteiger partial charge in [-0.3, -0.25) is 19.8 Å². The van der Waals surface area contributed by atoms with E-state index in [9.17, 15) is 10.1 Å². The number of rotatable bonds is 3. The minimum atomic E-state index is -0.425. The van der Waals surface area contributed by atoms with Crippen LogP contribution in [0.5, 0.6) is 0 Å². The van der Waals surface area contributed by atoms with E-state index in [-0.39, 0.29) is 5.69 Å². The van der Waals surface area contributed by atoms with Crippen LogP contribution < -0.4 is 0 Å². The number of hydrogen-bond donors (Lipinski definition) is 0. The summed E-state index contributed by atoms with van der Waals surface area (Å²) in [6, 6.07) is 3.71. The van der Waals surface area contributed by atoms with Crippen LogP contribution in [0.25, 0.3) is 0 Å². The zero-order valence-corrected chi connectivity index (χ0v) is 8.70. The second-order valence-corrected chi connectivity index (χ2v) is 3.39. The summed E-state index contributed by atoms with van der Waals surface area (Å²) >= 11 is 0. The van der Waals surface area contributed by atoms with Crippen molar-refractivity contribution in [3.8, 4) is 0 Å². The van der Waals surface area contributed by atoms with Gasteiger partial charge in [-0.1, -0.05) is 0 Å². The van der Waals surface area contributed by atoms with Crippen molar-refractivity contribution in [3.63, 3.8) is 0 Å². The largest absolute Gasteiger partial charge is 0.309 e. The summed E-state index contributed by atoms with van der Waals surface area (Å²) in [6.07, 6.45) is 4.64. The van der Waals surface area contributed by atoms with Crippen molar-refractivity contribution in [2.75, 3.05) is 0 Å². The van der Waals surface area contributed by atoms with E-state index in [4.69, 9.17) is 0 Å². The van der Waals surface area contributed by atoms with E-state index < -0.39 is 4.92 Å². The van der Waals surface area contributed by atoms with Gasteiger partial charge in [0.1, 0.15) is 11.9 Å². The molecule has 82 valence electrons.